The van der Waals surface area contributed by atoms with Gasteiger partial charge in [0.25, 0.3) is 5.91 Å². The molecular weight excluding hydrogens is 411 g/mol. The molecule has 0 spiro atoms. The van der Waals surface area contributed by atoms with Crippen molar-refractivity contribution in [2.24, 2.45) is 0 Å². The Morgan fingerprint density at radius 3 is 2.59 bits per heavy atom. The Hall–Kier alpha value is -2.64. The van der Waals surface area contributed by atoms with Crippen molar-refractivity contribution in [3.05, 3.63) is 59.4 Å². The first kappa shape index (κ1) is 22.6. The summed E-state index contributed by atoms with van der Waals surface area (Å²) in [7, 11) is 1.46. The highest BCUT2D eigenvalue weighted by atomic mass is 19.1. The number of hydrogen-bond donors (Lipinski definition) is 1. The highest BCUT2D eigenvalue weighted by molar-refractivity contribution is 5.94. The van der Waals surface area contributed by atoms with Crippen LogP contribution in [0.25, 0.3) is 0 Å². The van der Waals surface area contributed by atoms with Gasteiger partial charge in [0.1, 0.15) is 12.4 Å². The monoisotopic (exact) mass is 442 g/mol. The van der Waals surface area contributed by atoms with E-state index < -0.39 is 0 Å². The second-order valence-electron chi connectivity index (χ2n) is 8.46. The normalized spacial score (nSPS) is 19.6. The number of rotatable bonds is 8. The molecule has 6 nitrogen and oxygen atoms in total. The molecule has 2 aromatic carbocycles. The maximum absolute atomic E-state index is 13.9. The number of hydrogen-bond acceptors (Lipinski definition) is 5. The third-order valence-electron chi connectivity index (χ3n) is 6.12. The molecule has 1 N–H and O–H groups in total. The van der Waals surface area contributed by atoms with E-state index in [0.717, 1.165) is 56.7 Å². The molecule has 2 aliphatic rings. The van der Waals surface area contributed by atoms with Crippen molar-refractivity contribution < 1.29 is 23.4 Å². The number of halogens is 1. The van der Waals surface area contributed by atoms with Crippen molar-refractivity contribution >= 4 is 5.91 Å². The molecule has 32 heavy (non-hydrogen) atoms. The molecular formula is C25H31FN2O4. The fraction of sp³-hybridized carbons (Fsp3) is 0.480. The lowest BCUT2D eigenvalue weighted by molar-refractivity contribution is 0.0679. The van der Waals surface area contributed by atoms with Gasteiger partial charge in [-0.2, -0.15) is 0 Å². The summed E-state index contributed by atoms with van der Waals surface area (Å²) in [5.74, 6) is 0.611. The van der Waals surface area contributed by atoms with Crippen LogP contribution in [0.3, 0.4) is 0 Å². The maximum Gasteiger partial charge on any atom is 0.251 e. The smallest absolute Gasteiger partial charge is 0.251 e. The minimum absolute atomic E-state index is 0.0636. The van der Waals surface area contributed by atoms with Crippen molar-refractivity contribution in [2.45, 2.75) is 44.4 Å². The molecule has 2 heterocycles. The zero-order chi connectivity index (χ0) is 22.3. The fourth-order valence-electron chi connectivity index (χ4n) is 4.24. The van der Waals surface area contributed by atoms with Gasteiger partial charge in [-0.25, -0.2) is 4.39 Å². The Morgan fingerprint density at radius 2 is 1.94 bits per heavy atom. The zero-order valence-corrected chi connectivity index (χ0v) is 18.5. The highest BCUT2D eigenvalue weighted by Gasteiger charge is 2.22. The Labute approximate surface area is 188 Å². The number of nitrogens with zero attached hydrogens (tertiary/aromatic N) is 1. The number of amides is 1. The van der Waals surface area contributed by atoms with E-state index in [0.29, 0.717) is 18.7 Å². The van der Waals surface area contributed by atoms with Crippen LogP contribution in [0, 0.1) is 5.82 Å². The standard InChI is InChI=1S/C25H31FN2O4/c1-30-24-9-4-18(15-23(24)26)16-28-12-10-20(11-13-28)27-25(29)19-5-7-21(8-6-19)32-17-22-3-2-14-31-22/h4-9,15,20,22H,2-3,10-14,16-17H2,1H3,(H,27,29). The number of piperidine rings is 1. The fourth-order valence-corrected chi connectivity index (χ4v) is 4.24. The third kappa shape index (κ3) is 5.99. The summed E-state index contributed by atoms with van der Waals surface area (Å²) < 4.78 is 30.2. The lowest BCUT2D eigenvalue weighted by Crippen LogP contribution is -2.44. The van der Waals surface area contributed by atoms with Gasteiger partial charge >= 0.3 is 0 Å². The van der Waals surface area contributed by atoms with E-state index in [2.05, 4.69) is 10.2 Å². The second kappa shape index (κ2) is 10.8. The number of carbonyl (C=O) groups excluding carboxylic acids is 1. The van der Waals surface area contributed by atoms with Crippen LogP contribution < -0.4 is 14.8 Å². The molecule has 7 heteroatoms. The van der Waals surface area contributed by atoms with Crippen LogP contribution in [0.2, 0.25) is 0 Å². The summed E-state index contributed by atoms with van der Waals surface area (Å²) in [6, 6.07) is 12.5. The molecule has 1 amide bonds. The molecule has 2 aliphatic heterocycles. The largest absolute Gasteiger partial charge is 0.494 e. The van der Waals surface area contributed by atoms with Crippen molar-refractivity contribution in [1.29, 1.82) is 0 Å². The SMILES string of the molecule is COc1ccc(CN2CCC(NC(=O)c3ccc(OCC4CCCO4)cc3)CC2)cc1F. The van der Waals surface area contributed by atoms with Gasteiger partial charge in [0.2, 0.25) is 0 Å². The first-order valence-corrected chi connectivity index (χ1v) is 11.3. The predicted molar refractivity (Wildman–Crippen MR) is 120 cm³/mol. The van der Waals surface area contributed by atoms with Crippen LogP contribution >= 0.6 is 0 Å². The van der Waals surface area contributed by atoms with Gasteiger partial charge in [0, 0.05) is 37.8 Å². The molecule has 1 unspecified atom stereocenters. The molecule has 2 aromatic rings. The first-order valence-electron chi connectivity index (χ1n) is 11.3. The Balaban J connectivity index is 1.20. The minimum atomic E-state index is -0.338. The zero-order valence-electron chi connectivity index (χ0n) is 18.5. The Kier molecular flexibility index (Phi) is 7.60. The van der Waals surface area contributed by atoms with Crippen LogP contribution in [-0.4, -0.2) is 56.4 Å². The molecule has 2 saturated heterocycles. The van der Waals surface area contributed by atoms with Gasteiger partial charge in [-0.1, -0.05) is 6.07 Å². The number of likely N-dealkylation sites (tertiary alicyclic amines) is 1. The summed E-state index contributed by atoms with van der Waals surface area (Å²) in [5.41, 5.74) is 1.55. The van der Waals surface area contributed by atoms with Crippen LogP contribution in [-0.2, 0) is 11.3 Å². The van der Waals surface area contributed by atoms with Crippen LogP contribution in [0.4, 0.5) is 4.39 Å². The molecule has 0 aromatic heterocycles. The van der Waals surface area contributed by atoms with Crippen molar-refractivity contribution in [3.63, 3.8) is 0 Å². The van der Waals surface area contributed by atoms with Gasteiger partial charge in [-0.05, 0) is 67.6 Å². The quantitative estimate of drug-likeness (QED) is 0.674. The van der Waals surface area contributed by atoms with Crippen LogP contribution in [0.5, 0.6) is 11.5 Å². The van der Waals surface area contributed by atoms with Crippen molar-refractivity contribution in [2.75, 3.05) is 33.4 Å². The number of ether oxygens (including phenoxy) is 3. The lowest BCUT2D eigenvalue weighted by Gasteiger charge is -2.32. The Bertz CT molecular complexity index is 891. The van der Waals surface area contributed by atoms with E-state index in [-0.39, 0.29) is 29.6 Å². The summed E-state index contributed by atoms with van der Waals surface area (Å²) >= 11 is 0. The van der Waals surface area contributed by atoms with E-state index in [1.165, 1.54) is 13.2 Å². The number of carbonyl (C=O) groups is 1. The topological polar surface area (TPSA) is 60.0 Å². The average Bonchev–Trinajstić information content (AvgIpc) is 3.33. The van der Waals surface area contributed by atoms with E-state index in [9.17, 15) is 9.18 Å². The van der Waals surface area contributed by atoms with Gasteiger partial charge in [-0.15, -0.1) is 0 Å². The average molecular weight is 443 g/mol. The molecule has 1 atom stereocenters. The minimum Gasteiger partial charge on any atom is -0.494 e. The van der Waals surface area contributed by atoms with E-state index >= 15 is 0 Å². The number of nitrogens with one attached hydrogen (secondary N) is 1. The van der Waals surface area contributed by atoms with Gasteiger partial charge in [-0.3, -0.25) is 9.69 Å². The summed E-state index contributed by atoms with van der Waals surface area (Å²) in [5, 5.41) is 3.14. The molecule has 0 saturated carbocycles. The van der Waals surface area contributed by atoms with Crippen LogP contribution in [0.1, 0.15) is 41.6 Å². The molecule has 4 rings (SSSR count). The van der Waals surface area contributed by atoms with Crippen molar-refractivity contribution in [3.8, 4) is 11.5 Å². The summed E-state index contributed by atoms with van der Waals surface area (Å²) in [4.78, 5) is 14.9. The first-order chi connectivity index (χ1) is 15.6. The van der Waals surface area contributed by atoms with E-state index in [1.54, 1.807) is 18.2 Å². The van der Waals surface area contributed by atoms with E-state index in [1.807, 2.05) is 18.2 Å². The van der Waals surface area contributed by atoms with Gasteiger partial charge in [0.05, 0.1) is 13.2 Å². The molecule has 0 aliphatic carbocycles. The summed E-state index contributed by atoms with van der Waals surface area (Å²) in [6.45, 7) is 3.76. The highest BCUT2D eigenvalue weighted by Crippen LogP contribution is 2.21. The second-order valence-corrected chi connectivity index (χ2v) is 8.46. The van der Waals surface area contributed by atoms with E-state index in [4.69, 9.17) is 14.2 Å². The third-order valence-corrected chi connectivity index (χ3v) is 6.12. The Morgan fingerprint density at radius 1 is 1.16 bits per heavy atom. The van der Waals surface area contributed by atoms with Crippen molar-refractivity contribution in [1.82, 2.24) is 10.2 Å². The molecule has 0 radical (unpaired) electrons. The maximum atomic E-state index is 13.9. The number of methoxy groups -OCH3 is 1. The predicted octanol–water partition coefficient (Wildman–Crippen LogP) is 3.79. The van der Waals surface area contributed by atoms with Gasteiger partial charge in [0.15, 0.2) is 11.6 Å². The molecule has 2 fully saturated rings. The summed E-state index contributed by atoms with van der Waals surface area (Å²) in [6.07, 6.45) is 4.04. The molecule has 0 bridgehead atoms. The molecule has 172 valence electrons. The van der Waals surface area contributed by atoms with Crippen LogP contribution in [0.15, 0.2) is 42.5 Å². The lowest BCUT2D eigenvalue weighted by atomic mass is 10.0. The number of benzene rings is 2. The van der Waals surface area contributed by atoms with Gasteiger partial charge < -0.3 is 19.5 Å².